The van der Waals surface area contributed by atoms with E-state index in [0.29, 0.717) is 197 Å². The van der Waals surface area contributed by atoms with Gasteiger partial charge in [0.15, 0.2) is 17.3 Å². The van der Waals surface area contributed by atoms with Crippen molar-refractivity contribution in [1.82, 2.24) is 45.0 Å². The average molecular weight is 1680 g/mol. The fourth-order valence-corrected chi connectivity index (χ4v) is 15.9. The van der Waals surface area contributed by atoms with Gasteiger partial charge >= 0.3 is 5.97 Å². The molecule has 2 saturated heterocycles. The average Bonchev–Trinajstić information content (AvgIpc) is 1.05. The molecule has 120 heavy (non-hydrogen) atoms. The molecule has 0 unspecified atom stereocenters. The SMILES string of the molecule is CO[C@H]1C[C@@H]2CC[C@@H](C)[C@@](O)(O2)C(=O)C(=O)N2CCCC[C@H]2C(=O)O[C@H]([C@H](N)C[C@@H]2CC[C@@H](OCCCCc3cn(CCOCCOCCOCCOCCOCCOCCC(=O)NCCCCn4nc(-c5ccc6oc(N)cc6c5)c5c(N)ncnc54)nn3)[C@H](OC)C2)CC(=O)[C@H](C)/C=C(\C)[C@@H](O)[C@@H](O)C(=O)[C@H](C)C[C@H](C)/C=C/C=C/C=C/1C. The molecule has 1 aromatic carbocycles. The Labute approximate surface area is 703 Å². The van der Waals surface area contributed by atoms with Crippen LogP contribution in [-0.2, 0) is 100 Å². The summed E-state index contributed by atoms with van der Waals surface area (Å²) < 4.78 is 73.7. The number of aliphatic hydroxyl groups excluding tert-OH is 2. The summed E-state index contributed by atoms with van der Waals surface area (Å²) in [6, 6.07) is 5.34. The molecule has 2 amide bonds. The molecule has 1 aliphatic carbocycles. The molecule has 33 nitrogen and oxygen atoms in total. The molecule has 10 N–H and O–H groups in total. The second kappa shape index (κ2) is 49.2. The van der Waals surface area contributed by atoms with E-state index in [1.165, 1.54) is 19.3 Å². The number of nitrogens with two attached hydrogens (primary N) is 3. The molecule has 4 aliphatic rings. The number of allylic oxidation sites excluding steroid dienone is 6. The van der Waals surface area contributed by atoms with Crippen LogP contribution in [0.1, 0.15) is 156 Å². The summed E-state index contributed by atoms with van der Waals surface area (Å²) in [5, 5.41) is 52.6. The van der Waals surface area contributed by atoms with Gasteiger partial charge in [-0.2, -0.15) is 5.10 Å². The topological polar surface area (TPSA) is 445 Å². The minimum Gasteiger partial charge on any atom is -0.459 e. The van der Waals surface area contributed by atoms with Crippen LogP contribution in [0.3, 0.4) is 0 Å². The minimum atomic E-state index is -2.49. The van der Waals surface area contributed by atoms with Crippen LogP contribution in [-0.4, -0.2) is 264 Å². The van der Waals surface area contributed by atoms with E-state index in [2.05, 4.69) is 25.6 Å². The largest absolute Gasteiger partial charge is 0.459 e. The number of ether oxygens (including phenoxy) is 11. The Morgan fingerprint density at radius 2 is 1.46 bits per heavy atom. The molecule has 1 saturated carbocycles. The predicted octanol–water partition coefficient (Wildman–Crippen LogP) is 7.66. The van der Waals surface area contributed by atoms with Gasteiger partial charge in [0.25, 0.3) is 11.7 Å². The maximum atomic E-state index is 14.7. The van der Waals surface area contributed by atoms with Gasteiger partial charge in [-0.25, -0.2) is 24.1 Å². The maximum absolute atomic E-state index is 14.7. The molecule has 5 aromatic rings. The number of fused-ring (bicyclic) bond motifs is 5. The van der Waals surface area contributed by atoms with Crippen LogP contribution < -0.4 is 22.5 Å². The van der Waals surface area contributed by atoms with E-state index in [9.17, 15) is 44.1 Å². The minimum absolute atomic E-state index is 0.0261. The van der Waals surface area contributed by atoms with E-state index in [1.807, 2.05) is 73.3 Å². The van der Waals surface area contributed by atoms with Crippen LogP contribution in [0.15, 0.2) is 88.8 Å². The third kappa shape index (κ3) is 28.7. The molecule has 664 valence electrons. The maximum Gasteiger partial charge on any atom is 0.329 e. The molecule has 7 heterocycles. The third-order valence-corrected chi connectivity index (χ3v) is 23.0. The number of amides is 2. The summed E-state index contributed by atoms with van der Waals surface area (Å²) >= 11 is 0. The van der Waals surface area contributed by atoms with Gasteiger partial charge in [-0.05, 0) is 151 Å². The standard InChI is InChI=1S/C87H130N12O21/c1-56-18-10-9-11-19-57(2)72(109-7)52-66-25-22-61(6)87(108,120-66)82(105)85(106)98-30-15-12-21-68(98)86(107)119-73(53-69(100)58(3)47-60(5)80(103)81(104)79(102)59(4)46-56)67(88)48-62-23-26-71(74(49-62)110-8)117-33-17-13-20-65-54-97(96-94-65)32-35-112-37-39-114-41-43-116-45-44-115-42-40-113-38-36-111-34-28-76(101)91-29-14-16-31-99-84-77(83(90)92-55-93-84)78(95-99)63-24-27-70-64(50-63)51-75(89)118-70/h9-11,18-19,24,27,47,50-51,54-56,58-59,61-62,66-68,71-74,80-81,103-104,108H,12-17,20-23,25-26,28-46,48-49,52-53,88-89H2,1-8H3,(H,91,101)(H2,90,92,93)/b11-9+,18-10+,57-19+,60-47+/t56-,58-,59-,61-,62+,66+,67-,68+,71-,72+,73+,74-,80-,81+,87-/m1/s1. The van der Waals surface area contributed by atoms with E-state index >= 15 is 0 Å². The van der Waals surface area contributed by atoms with Gasteiger partial charge in [0.2, 0.25) is 11.7 Å². The zero-order chi connectivity index (χ0) is 86.1. The number of benzene rings is 1. The van der Waals surface area contributed by atoms with Crippen LogP contribution in [0, 0.1) is 29.6 Å². The number of unbranched alkanes of at least 4 members (excludes halogenated alkanes) is 2. The first-order chi connectivity index (χ1) is 57.8. The number of piperidine rings is 1. The van der Waals surface area contributed by atoms with Crippen molar-refractivity contribution in [2.24, 2.45) is 35.3 Å². The quantitative estimate of drug-likeness (QED) is 0.00862. The summed E-state index contributed by atoms with van der Waals surface area (Å²) in [4.78, 5) is 93.8. The molecule has 0 spiro atoms. The van der Waals surface area contributed by atoms with Crippen LogP contribution in [0.2, 0.25) is 0 Å². The number of esters is 1. The summed E-state index contributed by atoms with van der Waals surface area (Å²) in [7, 11) is 3.20. The Morgan fingerprint density at radius 3 is 2.17 bits per heavy atom. The molecule has 15 atom stereocenters. The van der Waals surface area contributed by atoms with Crippen molar-refractivity contribution in [2.45, 2.75) is 231 Å². The Morgan fingerprint density at radius 1 is 0.742 bits per heavy atom. The van der Waals surface area contributed by atoms with Gasteiger partial charge in [0, 0.05) is 107 Å². The fraction of sp³-hybridized carbons (Fsp3) is 0.667. The van der Waals surface area contributed by atoms with Crippen molar-refractivity contribution in [2.75, 3.05) is 125 Å². The molecule has 3 fully saturated rings. The van der Waals surface area contributed by atoms with Gasteiger partial charge in [0.05, 0.1) is 121 Å². The highest BCUT2D eigenvalue weighted by molar-refractivity contribution is 6.39. The summed E-state index contributed by atoms with van der Waals surface area (Å²) in [6.45, 7) is 17.3. The Bertz CT molecular complexity index is 4180. The lowest BCUT2D eigenvalue weighted by Gasteiger charge is -2.42. The number of furan rings is 1. The second-order valence-electron chi connectivity index (χ2n) is 32.2. The Balaban J connectivity index is 0.614. The molecule has 0 radical (unpaired) electrons. The molecular formula is C87H130N12O21. The monoisotopic (exact) mass is 1680 g/mol. The van der Waals surface area contributed by atoms with Gasteiger partial charge in [-0.3, -0.25) is 24.0 Å². The first kappa shape index (κ1) is 95.7. The fourth-order valence-electron chi connectivity index (χ4n) is 15.9. The molecular weight excluding hydrogens is 1550 g/mol. The van der Waals surface area contributed by atoms with E-state index in [4.69, 9.17) is 78.8 Å². The number of Topliss-reactive ketones (excluding diaryl/α,β-unsaturated/α-hetero) is 3. The number of methoxy groups -OCH3 is 2. The molecule has 9 rings (SSSR count). The number of carbonyl (C=O) groups excluding carboxylic acids is 6. The lowest BCUT2D eigenvalue weighted by molar-refractivity contribution is -0.265. The predicted molar refractivity (Wildman–Crippen MR) is 447 cm³/mol. The van der Waals surface area contributed by atoms with Gasteiger partial charge in [-0.15, -0.1) is 5.10 Å². The van der Waals surface area contributed by atoms with E-state index in [-0.39, 0.29) is 74.4 Å². The molecule has 33 heteroatoms. The van der Waals surface area contributed by atoms with Crippen molar-refractivity contribution < 1.29 is 101 Å². The number of nitrogen functional groups attached to an aromatic ring is 2. The van der Waals surface area contributed by atoms with Crippen LogP contribution >= 0.6 is 0 Å². The number of aryl methyl sites for hydroxylation is 2. The van der Waals surface area contributed by atoms with Crippen LogP contribution in [0.5, 0.6) is 0 Å². The van der Waals surface area contributed by atoms with Gasteiger partial charge in [0.1, 0.15) is 53.6 Å². The number of nitrogens with zero attached hydrogens (tertiary/aromatic N) is 8. The number of cyclic esters (lactones) is 1. The normalized spacial score (nSPS) is 27.4. The number of aromatic nitrogens is 7. The van der Waals surface area contributed by atoms with Gasteiger partial charge in [-0.1, -0.05) is 69.4 Å². The summed E-state index contributed by atoms with van der Waals surface area (Å²) in [6.07, 6.45) is 16.7. The van der Waals surface area contributed by atoms with E-state index in [0.717, 1.165) is 52.8 Å². The zero-order valence-corrected chi connectivity index (χ0v) is 71.3. The number of nitrogens with one attached hydrogen (secondary N) is 1. The smallest absolute Gasteiger partial charge is 0.329 e. The highest BCUT2D eigenvalue weighted by Crippen LogP contribution is 2.39. The second-order valence-corrected chi connectivity index (χ2v) is 32.2. The third-order valence-electron chi connectivity index (χ3n) is 23.0. The first-order valence-electron chi connectivity index (χ1n) is 42.8. The molecule has 2 bridgehead atoms. The Kier molecular flexibility index (Phi) is 39.3. The number of hydrogen-bond acceptors (Lipinski definition) is 29. The number of ketones is 3. The molecule has 3 aliphatic heterocycles. The highest BCUT2D eigenvalue weighted by atomic mass is 16.6. The zero-order valence-electron chi connectivity index (χ0n) is 71.3. The summed E-state index contributed by atoms with van der Waals surface area (Å²) in [5.41, 5.74) is 24.0. The van der Waals surface area contributed by atoms with Crippen molar-refractivity contribution in [3.05, 3.63) is 90.1 Å². The number of hydrogen-bond donors (Lipinski definition) is 7. The first-order valence-corrected chi connectivity index (χ1v) is 42.8. The lowest BCUT2D eigenvalue weighted by Crippen LogP contribution is -2.61. The number of rotatable bonds is 38. The highest BCUT2D eigenvalue weighted by Gasteiger charge is 2.53. The van der Waals surface area contributed by atoms with Crippen LogP contribution in [0.25, 0.3) is 33.3 Å². The van der Waals surface area contributed by atoms with Crippen molar-refractivity contribution in [3.8, 4) is 11.3 Å². The van der Waals surface area contributed by atoms with Crippen molar-refractivity contribution >= 4 is 68.8 Å². The number of aliphatic hydroxyl groups is 3. The number of anilines is 2. The summed E-state index contributed by atoms with van der Waals surface area (Å²) in [5.74, 6) is -8.31. The van der Waals surface area contributed by atoms with Crippen molar-refractivity contribution in [3.63, 3.8) is 0 Å². The lowest BCUT2D eigenvalue weighted by atomic mass is 9.80. The van der Waals surface area contributed by atoms with E-state index in [1.54, 1.807) is 45.7 Å². The Hall–Kier alpha value is -8.13. The van der Waals surface area contributed by atoms with Crippen LogP contribution in [0.4, 0.5) is 11.7 Å². The number of carbonyl (C=O) groups is 6. The van der Waals surface area contributed by atoms with Crippen molar-refractivity contribution in [1.29, 1.82) is 0 Å². The molecule has 4 aromatic heterocycles. The van der Waals surface area contributed by atoms with Gasteiger partial charge < -0.3 is 99.3 Å². The van der Waals surface area contributed by atoms with E-state index < -0.39 is 95.4 Å².